The molecule has 2 aromatic rings. The first kappa shape index (κ1) is 12.2. The summed E-state index contributed by atoms with van der Waals surface area (Å²) in [6.45, 7) is 3.18. The van der Waals surface area contributed by atoms with Gasteiger partial charge in [0.1, 0.15) is 0 Å². The van der Waals surface area contributed by atoms with Crippen molar-refractivity contribution in [3.63, 3.8) is 0 Å². The molecule has 5 nitrogen and oxygen atoms in total. The molecule has 0 fully saturated rings. The van der Waals surface area contributed by atoms with Crippen LogP contribution in [-0.4, -0.2) is 22.0 Å². The van der Waals surface area contributed by atoms with Crippen molar-refractivity contribution in [2.24, 2.45) is 0 Å². The monoisotopic (exact) mass is 244 g/mol. The number of carbonyl (C=O) groups is 1. The number of nitrogens with two attached hydrogens (primary N) is 1. The summed E-state index contributed by atoms with van der Waals surface area (Å²) in [4.78, 5) is 15.8. The molecule has 1 amide bonds. The molecular formula is C13H16N4O. The van der Waals surface area contributed by atoms with Gasteiger partial charge in [0.05, 0.1) is 6.33 Å². The van der Waals surface area contributed by atoms with Crippen LogP contribution in [0.2, 0.25) is 0 Å². The number of hydrogen-bond donors (Lipinski definition) is 2. The maximum Gasteiger partial charge on any atom is 0.251 e. The zero-order valence-electron chi connectivity index (χ0n) is 10.3. The van der Waals surface area contributed by atoms with Gasteiger partial charge < -0.3 is 15.6 Å². The van der Waals surface area contributed by atoms with Gasteiger partial charge in [-0.3, -0.25) is 4.79 Å². The molecule has 0 saturated heterocycles. The standard InChI is InChI=1S/C13H16N4O/c1-10-6-11(8-12(14)7-10)13(18)16-3-5-17-4-2-15-9-17/h2,4,6-9H,3,5,14H2,1H3,(H,16,18). The van der Waals surface area contributed by atoms with Crippen LogP contribution in [0.15, 0.2) is 36.9 Å². The van der Waals surface area contributed by atoms with Crippen LogP contribution in [0, 0.1) is 6.92 Å². The Morgan fingerprint density at radius 3 is 2.94 bits per heavy atom. The Morgan fingerprint density at radius 1 is 1.44 bits per heavy atom. The number of nitrogen functional groups attached to an aromatic ring is 1. The lowest BCUT2D eigenvalue weighted by molar-refractivity contribution is 0.0952. The van der Waals surface area contributed by atoms with E-state index >= 15 is 0 Å². The average molecular weight is 244 g/mol. The Bertz CT molecular complexity index is 514. The number of hydrogen-bond acceptors (Lipinski definition) is 3. The van der Waals surface area contributed by atoms with E-state index in [0.717, 1.165) is 5.56 Å². The van der Waals surface area contributed by atoms with Gasteiger partial charge in [-0.1, -0.05) is 0 Å². The van der Waals surface area contributed by atoms with Crippen molar-refractivity contribution in [2.75, 3.05) is 12.3 Å². The molecule has 2 rings (SSSR count). The fourth-order valence-corrected chi connectivity index (χ4v) is 1.76. The molecule has 18 heavy (non-hydrogen) atoms. The van der Waals surface area contributed by atoms with Crippen molar-refractivity contribution in [1.82, 2.24) is 14.9 Å². The summed E-state index contributed by atoms with van der Waals surface area (Å²) in [5, 5.41) is 2.85. The van der Waals surface area contributed by atoms with E-state index in [1.54, 1.807) is 18.6 Å². The van der Waals surface area contributed by atoms with E-state index in [2.05, 4.69) is 10.3 Å². The Balaban J connectivity index is 1.91. The predicted molar refractivity (Wildman–Crippen MR) is 70.2 cm³/mol. The van der Waals surface area contributed by atoms with Crippen molar-refractivity contribution in [1.29, 1.82) is 0 Å². The number of benzene rings is 1. The predicted octanol–water partition coefficient (Wildman–Crippen LogP) is 1.20. The second-order valence-corrected chi connectivity index (χ2v) is 4.19. The fraction of sp³-hybridized carbons (Fsp3) is 0.231. The molecule has 1 heterocycles. The number of imidazole rings is 1. The number of nitrogens with zero attached hydrogens (tertiary/aromatic N) is 2. The summed E-state index contributed by atoms with van der Waals surface area (Å²) >= 11 is 0. The molecule has 3 N–H and O–H groups in total. The summed E-state index contributed by atoms with van der Waals surface area (Å²) in [5.41, 5.74) is 7.89. The highest BCUT2D eigenvalue weighted by atomic mass is 16.1. The van der Waals surface area contributed by atoms with Crippen LogP contribution in [0.3, 0.4) is 0 Å². The van der Waals surface area contributed by atoms with Gasteiger partial charge in [0.25, 0.3) is 5.91 Å². The van der Waals surface area contributed by atoms with Gasteiger partial charge in [-0.05, 0) is 30.7 Å². The molecular weight excluding hydrogens is 228 g/mol. The minimum Gasteiger partial charge on any atom is -0.399 e. The normalized spacial score (nSPS) is 10.3. The van der Waals surface area contributed by atoms with Crippen LogP contribution < -0.4 is 11.1 Å². The third-order valence-electron chi connectivity index (χ3n) is 2.58. The Morgan fingerprint density at radius 2 is 2.28 bits per heavy atom. The summed E-state index contributed by atoms with van der Waals surface area (Å²) in [7, 11) is 0. The van der Waals surface area contributed by atoms with E-state index in [9.17, 15) is 4.79 Å². The number of aromatic nitrogens is 2. The van der Waals surface area contributed by atoms with Crippen molar-refractivity contribution in [3.8, 4) is 0 Å². The van der Waals surface area contributed by atoms with Crippen LogP contribution in [0.4, 0.5) is 5.69 Å². The van der Waals surface area contributed by atoms with Gasteiger partial charge in [0, 0.05) is 36.7 Å². The lowest BCUT2D eigenvalue weighted by atomic mass is 10.1. The summed E-state index contributed by atoms with van der Waals surface area (Å²) in [6.07, 6.45) is 5.29. The molecule has 1 aromatic carbocycles. The van der Waals surface area contributed by atoms with Crippen molar-refractivity contribution in [2.45, 2.75) is 13.5 Å². The summed E-state index contributed by atoms with van der Waals surface area (Å²) in [6, 6.07) is 5.34. The zero-order valence-corrected chi connectivity index (χ0v) is 10.3. The molecule has 0 aliphatic heterocycles. The van der Waals surface area contributed by atoms with Crippen LogP contribution in [0.25, 0.3) is 0 Å². The Labute approximate surface area is 106 Å². The Kier molecular flexibility index (Phi) is 3.62. The number of carbonyl (C=O) groups excluding carboxylic acids is 1. The molecule has 94 valence electrons. The van der Waals surface area contributed by atoms with Gasteiger partial charge in [0.2, 0.25) is 0 Å². The highest BCUT2D eigenvalue weighted by molar-refractivity contribution is 5.95. The minimum absolute atomic E-state index is 0.106. The molecule has 0 saturated carbocycles. The number of rotatable bonds is 4. The fourth-order valence-electron chi connectivity index (χ4n) is 1.76. The van der Waals surface area contributed by atoms with E-state index in [0.29, 0.717) is 24.3 Å². The van der Waals surface area contributed by atoms with Crippen LogP contribution >= 0.6 is 0 Å². The van der Waals surface area contributed by atoms with Gasteiger partial charge in [-0.25, -0.2) is 4.98 Å². The van der Waals surface area contributed by atoms with Gasteiger partial charge in [-0.2, -0.15) is 0 Å². The lowest BCUT2D eigenvalue weighted by Gasteiger charge is -2.07. The number of anilines is 1. The van der Waals surface area contributed by atoms with Crippen molar-refractivity contribution in [3.05, 3.63) is 48.0 Å². The topological polar surface area (TPSA) is 72.9 Å². The molecule has 0 atom stereocenters. The maximum absolute atomic E-state index is 11.9. The molecule has 0 unspecified atom stereocenters. The molecule has 0 radical (unpaired) electrons. The van der Waals surface area contributed by atoms with Crippen molar-refractivity contribution >= 4 is 11.6 Å². The first-order valence-electron chi connectivity index (χ1n) is 5.76. The Hall–Kier alpha value is -2.30. The molecule has 0 aliphatic rings. The van der Waals surface area contributed by atoms with Gasteiger partial charge in [-0.15, -0.1) is 0 Å². The summed E-state index contributed by atoms with van der Waals surface area (Å²) < 4.78 is 1.91. The zero-order chi connectivity index (χ0) is 13.0. The van der Waals surface area contributed by atoms with E-state index in [4.69, 9.17) is 5.73 Å². The third-order valence-corrected chi connectivity index (χ3v) is 2.58. The second-order valence-electron chi connectivity index (χ2n) is 4.19. The van der Waals surface area contributed by atoms with Crippen molar-refractivity contribution < 1.29 is 4.79 Å². The minimum atomic E-state index is -0.106. The number of amides is 1. The lowest BCUT2D eigenvalue weighted by Crippen LogP contribution is -2.27. The number of nitrogens with one attached hydrogen (secondary N) is 1. The van der Waals surface area contributed by atoms with Crippen LogP contribution in [0.1, 0.15) is 15.9 Å². The average Bonchev–Trinajstić information content (AvgIpc) is 2.80. The smallest absolute Gasteiger partial charge is 0.251 e. The molecule has 0 aliphatic carbocycles. The highest BCUT2D eigenvalue weighted by Crippen LogP contribution is 2.10. The van der Waals surface area contributed by atoms with Crippen LogP contribution in [-0.2, 0) is 6.54 Å². The molecule has 5 heteroatoms. The highest BCUT2D eigenvalue weighted by Gasteiger charge is 2.06. The molecule has 1 aromatic heterocycles. The first-order chi connectivity index (χ1) is 8.65. The van der Waals surface area contributed by atoms with E-state index in [-0.39, 0.29) is 5.91 Å². The van der Waals surface area contributed by atoms with Crippen LogP contribution in [0.5, 0.6) is 0 Å². The number of aryl methyl sites for hydroxylation is 1. The first-order valence-corrected chi connectivity index (χ1v) is 5.76. The SMILES string of the molecule is Cc1cc(N)cc(C(=O)NCCn2ccnc2)c1. The van der Waals surface area contributed by atoms with E-state index in [1.807, 2.05) is 29.8 Å². The largest absolute Gasteiger partial charge is 0.399 e. The third kappa shape index (κ3) is 3.10. The quantitative estimate of drug-likeness (QED) is 0.794. The summed E-state index contributed by atoms with van der Waals surface area (Å²) in [5.74, 6) is -0.106. The van der Waals surface area contributed by atoms with Gasteiger partial charge >= 0.3 is 0 Å². The van der Waals surface area contributed by atoms with E-state index in [1.165, 1.54) is 0 Å². The molecule has 0 bridgehead atoms. The van der Waals surface area contributed by atoms with Gasteiger partial charge in [0.15, 0.2) is 0 Å². The molecule has 0 spiro atoms. The van der Waals surface area contributed by atoms with E-state index < -0.39 is 0 Å². The second kappa shape index (κ2) is 5.35. The maximum atomic E-state index is 11.9.